The summed E-state index contributed by atoms with van der Waals surface area (Å²) in [6.07, 6.45) is 0. The Kier molecular flexibility index (Phi) is 7.42. The quantitative estimate of drug-likeness (QED) is 0.167. The molecular weight excluding hydrogens is 659 g/mol. The maximum absolute atomic E-state index is 2.55. The normalized spacial score (nSPS) is 12.9. The Morgan fingerprint density at radius 2 is 0.943 bits per heavy atom. The fourth-order valence-electron chi connectivity index (χ4n) is 8.62. The van der Waals surface area contributed by atoms with Gasteiger partial charge < -0.3 is 4.90 Å². The van der Waals surface area contributed by atoms with Crippen LogP contribution >= 0.6 is 11.3 Å². The Morgan fingerprint density at radius 3 is 1.72 bits per heavy atom. The van der Waals surface area contributed by atoms with Crippen LogP contribution < -0.4 is 4.90 Å². The van der Waals surface area contributed by atoms with Crippen LogP contribution in [0.4, 0.5) is 17.1 Å². The monoisotopic (exact) mass is 695 g/mol. The molecule has 0 unspecified atom stereocenters. The Balaban J connectivity index is 1.33. The number of hydrogen-bond acceptors (Lipinski definition) is 2. The molecule has 1 heterocycles. The van der Waals surface area contributed by atoms with Crippen molar-refractivity contribution in [2.45, 2.75) is 19.3 Å². The molecule has 1 nitrogen and oxygen atoms in total. The zero-order valence-corrected chi connectivity index (χ0v) is 30.6. The topological polar surface area (TPSA) is 3.24 Å². The van der Waals surface area contributed by atoms with Gasteiger partial charge in [0, 0.05) is 42.4 Å². The highest BCUT2D eigenvalue weighted by atomic mass is 32.1. The molecule has 1 aliphatic carbocycles. The van der Waals surface area contributed by atoms with Gasteiger partial charge in [-0.1, -0.05) is 172 Å². The molecule has 0 saturated carbocycles. The lowest BCUT2D eigenvalue weighted by molar-refractivity contribution is 0.660. The molecule has 1 aliphatic rings. The summed E-state index contributed by atoms with van der Waals surface area (Å²) in [4.78, 5) is 2.55. The van der Waals surface area contributed by atoms with Crippen LogP contribution in [0.3, 0.4) is 0 Å². The fraction of sp³-hybridized carbons (Fsp3) is 0.0588. The molecule has 0 bridgehead atoms. The lowest BCUT2D eigenvalue weighted by Crippen LogP contribution is -2.16. The van der Waals surface area contributed by atoms with Crippen LogP contribution in [-0.2, 0) is 5.41 Å². The summed E-state index contributed by atoms with van der Waals surface area (Å²) in [6, 6.07) is 69.2. The van der Waals surface area contributed by atoms with E-state index >= 15 is 0 Å². The van der Waals surface area contributed by atoms with E-state index in [2.05, 4.69) is 207 Å². The van der Waals surface area contributed by atoms with Crippen LogP contribution in [0.15, 0.2) is 188 Å². The third kappa shape index (κ3) is 5.05. The Hall–Kier alpha value is -6.22. The lowest BCUT2D eigenvalue weighted by atomic mass is 9.82. The maximum atomic E-state index is 2.55. The average molecular weight is 696 g/mol. The molecule has 0 fully saturated rings. The van der Waals surface area contributed by atoms with Gasteiger partial charge in [0.15, 0.2) is 0 Å². The van der Waals surface area contributed by atoms with E-state index in [4.69, 9.17) is 0 Å². The first-order valence-electron chi connectivity index (χ1n) is 18.4. The van der Waals surface area contributed by atoms with Crippen molar-refractivity contribution in [2.24, 2.45) is 0 Å². The van der Waals surface area contributed by atoms with E-state index in [0.29, 0.717) is 0 Å². The SMILES string of the molecule is CC1(C)c2ccccc2-c2c(N(c3ccc4c(c3)sc3ccccc34)c3cccc(-c4ccccc4)c3-c3ccccc3-c3ccccc3)cccc21. The second-order valence-electron chi connectivity index (χ2n) is 14.5. The molecule has 53 heavy (non-hydrogen) atoms. The van der Waals surface area contributed by atoms with Crippen LogP contribution in [0.2, 0.25) is 0 Å². The van der Waals surface area contributed by atoms with Crippen molar-refractivity contribution in [3.05, 3.63) is 199 Å². The average Bonchev–Trinajstić information content (AvgIpc) is 3.70. The minimum absolute atomic E-state index is 0.127. The molecule has 0 N–H and O–H groups in total. The summed E-state index contributed by atoms with van der Waals surface area (Å²) in [5.41, 5.74) is 15.9. The van der Waals surface area contributed by atoms with Crippen molar-refractivity contribution in [3.8, 4) is 44.5 Å². The Bertz CT molecular complexity index is 2810. The van der Waals surface area contributed by atoms with Gasteiger partial charge in [0.2, 0.25) is 0 Å². The standard InChI is InChI=1S/C51H37NS/c1-51(2)43-26-13-11-24-42(43)50-44(51)27-16-29-46(50)52(36-31-32-40-39-22-12-14-30-47(39)53-48(40)33-36)45-28-15-25-38(35-19-7-4-8-20-35)49(45)41-23-10-9-21-37(41)34-17-5-3-6-18-34/h3-33H,1-2H3. The molecule has 0 atom stereocenters. The number of anilines is 3. The molecule has 0 spiro atoms. The largest absolute Gasteiger partial charge is 0.309 e. The molecule has 0 radical (unpaired) electrons. The molecule has 1 aromatic heterocycles. The van der Waals surface area contributed by atoms with Crippen molar-refractivity contribution < 1.29 is 0 Å². The Labute approximate surface area is 315 Å². The molecule has 2 heteroatoms. The smallest absolute Gasteiger partial charge is 0.0546 e. The van der Waals surface area contributed by atoms with Crippen LogP contribution in [-0.4, -0.2) is 0 Å². The molecule has 9 aromatic rings. The van der Waals surface area contributed by atoms with Gasteiger partial charge in [-0.3, -0.25) is 0 Å². The summed E-state index contributed by atoms with van der Waals surface area (Å²) in [7, 11) is 0. The minimum Gasteiger partial charge on any atom is -0.309 e. The van der Waals surface area contributed by atoms with E-state index in [9.17, 15) is 0 Å². The first kappa shape index (κ1) is 31.5. The van der Waals surface area contributed by atoms with E-state index in [1.165, 1.54) is 81.5 Å². The second kappa shape index (κ2) is 12.5. The summed E-state index contributed by atoms with van der Waals surface area (Å²) >= 11 is 1.87. The number of fused-ring (bicyclic) bond motifs is 6. The van der Waals surface area contributed by atoms with Crippen molar-refractivity contribution in [1.82, 2.24) is 0 Å². The first-order valence-corrected chi connectivity index (χ1v) is 19.2. The highest BCUT2D eigenvalue weighted by molar-refractivity contribution is 7.25. The van der Waals surface area contributed by atoms with Crippen LogP contribution in [0.1, 0.15) is 25.0 Å². The molecule has 0 saturated heterocycles. The third-order valence-corrected chi connectivity index (χ3v) is 12.2. The second-order valence-corrected chi connectivity index (χ2v) is 15.5. The van der Waals surface area contributed by atoms with Gasteiger partial charge in [0.05, 0.1) is 11.4 Å². The van der Waals surface area contributed by atoms with Gasteiger partial charge in [-0.2, -0.15) is 0 Å². The minimum atomic E-state index is -0.127. The first-order chi connectivity index (χ1) is 26.1. The summed E-state index contributed by atoms with van der Waals surface area (Å²) in [5, 5.41) is 2.61. The maximum Gasteiger partial charge on any atom is 0.0546 e. The lowest BCUT2D eigenvalue weighted by Gasteiger charge is -2.32. The van der Waals surface area contributed by atoms with Gasteiger partial charge in [-0.15, -0.1) is 11.3 Å². The number of thiophene rings is 1. The van der Waals surface area contributed by atoms with Gasteiger partial charge in [0.1, 0.15) is 0 Å². The van der Waals surface area contributed by atoms with Crippen molar-refractivity contribution in [1.29, 1.82) is 0 Å². The number of hydrogen-bond donors (Lipinski definition) is 0. The summed E-state index contributed by atoms with van der Waals surface area (Å²) in [6.45, 7) is 4.74. The highest BCUT2D eigenvalue weighted by Crippen LogP contribution is 2.56. The molecule has 0 amide bonds. The van der Waals surface area contributed by atoms with Crippen LogP contribution in [0, 0.1) is 0 Å². The Morgan fingerprint density at radius 1 is 0.396 bits per heavy atom. The summed E-state index contributed by atoms with van der Waals surface area (Å²) < 4.78 is 2.60. The van der Waals surface area contributed by atoms with E-state index in [1.54, 1.807) is 0 Å². The molecule has 10 rings (SSSR count). The fourth-order valence-corrected chi connectivity index (χ4v) is 9.76. The van der Waals surface area contributed by atoms with Crippen LogP contribution in [0.25, 0.3) is 64.7 Å². The van der Waals surface area contributed by atoms with Crippen molar-refractivity contribution in [2.75, 3.05) is 4.90 Å². The van der Waals surface area contributed by atoms with Crippen molar-refractivity contribution in [3.63, 3.8) is 0 Å². The molecule has 0 aliphatic heterocycles. The number of rotatable bonds is 6. The zero-order chi connectivity index (χ0) is 35.5. The van der Waals surface area contributed by atoms with Gasteiger partial charge in [0.25, 0.3) is 0 Å². The number of benzene rings is 8. The van der Waals surface area contributed by atoms with E-state index in [-0.39, 0.29) is 5.41 Å². The van der Waals surface area contributed by atoms with E-state index < -0.39 is 0 Å². The van der Waals surface area contributed by atoms with Crippen LogP contribution in [0.5, 0.6) is 0 Å². The zero-order valence-electron chi connectivity index (χ0n) is 29.8. The van der Waals surface area contributed by atoms with Gasteiger partial charge >= 0.3 is 0 Å². The van der Waals surface area contributed by atoms with E-state index in [0.717, 1.165) is 11.4 Å². The van der Waals surface area contributed by atoms with Gasteiger partial charge in [-0.25, -0.2) is 0 Å². The number of nitrogens with zero attached hydrogens (tertiary/aromatic N) is 1. The molecular formula is C51H37NS. The highest BCUT2D eigenvalue weighted by Gasteiger charge is 2.38. The van der Waals surface area contributed by atoms with E-state index in [1.807, 2.05) is 11.3 Å². The summed E-state index contributed by atoms with van der Waals surface area (Å²) in [5.74, 6) is 0. The predicted molar refractivity (Wildman–Crippen MR) is 228 cm³/mol. The molecule has 8 aromatic carbocycles. The third-order valence-electron chi connectivity index (χ3n) is 11.1. The van der Waals surface area contributed by atoms with Crippen molar-refractivity contribution >= 4 is 48.6 Å². The molecule has 252 valence electrons. The predicted octanol–water partition coefficient (Wildman–Crippen LogP) is 14.8. The van der Waals surface area contributed by atoms with Gasteiger partial charge in [-0.05, 0) is 74.8 Å².